The Kier molecular flexibility index (Phi) is 8.81. The van der Waals surface area contributed by atoms with E-state index in [4.69, 9.17) is 16.2 Å². The van der Waals surface area contributed by atoms with E-state index in [0.717, 1.165) is 24.4 Å². The van der Waals surface area contributed by atoms with Gasteiger partial charge >= 0.3 is 0 Å². The monoisotopic (exact) mass is 475 g/mol. The quantitative estimate of drug-likeness (QED) is 0.481. The van der Waals surface area contributed by atoms with E-state index in [9.17, 15) is 14.4 Å². The number of nitrogens with zero attached hydrogens (tertiary/aromatic N) is 2. The third-order valence-electron chi connectivity index (χ3n) is 4.74. The van der Waals surface area contributed by atoms with E-state index in [2.05, 4.69) is 9.69 Å². The Morgan fingerprint density at radius 2 is 1.82 bits per heavy atom. The van der Waals surface area contributed by atoms with E-state index >= 15 is 0 Å². The molecule has 1 aromatic carbocycles. The van der Waals surface area contributed by atoms with Gasteiger partial charge in [0.2, 0.25) is 5.91 Å². The van der Waals surface area contributed by atoms with Crippen LogP contribution in [0.2, 0.25) is 0 Å². The van der Waals surface area contributed by atoms with Gasteiger partial charge in [-0.25, -0.2) is 0 Å². The maximum absolute atomic E-state index is 13.7. The number of carbonyl (C=O) groups excluding carboxylic acids is 3. The molecule has 0 radical (unpaired) electrons. The van der Waals surface area contributed by atoms with E-state index in [1.807, 2.05) is 34.6 Å². The molecule has 1 atom stereocenters. The second kappa shape index (κ2) is 11.1. The van der Waals surface area contributed by atoms with Crippen LogP contribution in [0.25, 0.3) is 0 Å². The number of unbranched alkanes of at least 4 members (excludes halogenated alkanes) is 1. The molecule has 0 saturated heterocycles. The van der Waals surface area contributed by atoms with Gasteiger partial charge in [-0.3, -0.25) is 19.3 Å². The smallest absolute Gasteiger partial charge is 0.272 e. The fourth-order valence-corrected chi connectivity index (χ4v) is 4.02. The highest BCUT2D eigenvalue weighted by molar-refractivity contribution is 7.09. The second-order valence-corrected chi connectivity index (χ2v) is 9.41. The van der Waals surface area contributed by atoms with Crippen molar-refractivity contribution in [1.29, 1.82) is 0 Å². The molecule has 0 unspecified atom stereocenters. The Morgan fingerprint density at radius 1 is 1.18 bits per heavy atom. The molecule has 2 rings (SSSR count). The molecule has 0 aliphatic heterocycles. The Balaban J connectivity index is 2.59. The highest BCUT2D eigenvalue weighted by Crippen LogP contribution is 2.30. The van der Waals surface area contributed by atoms with E-state index in [1.165, 1.54) is 4.90 Å². The maximum atomic E-state index is 13.7. The van der Waals surface area contributed by atoms with Crippen LogP contribution in [0.3, 0.4) is 0 Å². The van der Waals surface area contributed by atoms with Gasteiger partial charge in [0.25, 0.3) is 11.8 Å². The van der Waals surface area contributed by atoms with Crippen LogP contribution in [0.1, 0.15) is 74.0 Å². The van der Waals surface area contributed by atoms with Gasteiger partial charge in [-0.2, -0.15) is 4.37 Å². The lowest BCUT2D eigenvalue weighted by atomic mass is 10.0. The van der Waals surface area contributed by atoms with Gasteiger partial charge in [0.1, 0.15) is 16.7 Å². The van der Waals surface area contributed by atoms with Crippen LogP contribution in [0.5, 0.6) is 5.75 Å². The van der Waals surface area contributed by atoms with Crippen molar-refractivity contribution in [2.45, 2.75) is 65.5 Å². The number of benzene rings is 1. The Hall–Kier alpha value is -3.14. The van der Waals surface area contributed by atoms with Crippen LogP contribution in [-0.2, 0) is 4.79 Å². The minimum atomic E-state index is -0.816. The number of amides is 3. The number of aromatic nitrogens is 1. The molecule has 5 N–H and O–H groups in total. The number of hydrogen-bond donors (Lipinski definition) is 3. The summed E-state index contributed by atoms with van der Waals surface area (Å²) in [6.45, 7) is 10.0. The molecule has 0 aliphatic rings. The number of carbonyl (C=O) groups is 3. The van der Waals surface area contributed by atoms with E-state index in [0.29, 0.717) is 24.5 Å². The molecule has 0 saturated carbocycles. The van der Waals surface area contributed by atoms with Crippen LogP contribution in [0.15, 0.2) is 24.3 Å². The number of hydrogen-bond acceptors (Lipinski definition) is 7. The summed E-state index contributed by atoms with van der Waals surface area (Å²) in [4.78, 5) is 40.2. The molecule has 1 heterocycles. The first-order valence-corrected chi connectivity index (χ1v) is 11.7. The van der Waals surface area contributed by atoms with Gasteiger partial charge in [0.05, 0.1) is 12.3 Å². The first-order chi connectivity index (χ1) is 15.5. The van der Waals surface area contributed by atoms with Crippen molar-refractivity contribution >= 4 is 40.6 Å². The number of rotatable bonds is 10. The molecule has 180 valence electrons. The predicted molar refractivity (Wildman–Crippen MR) is 131 cm³/mol. The van der Waals surface area contributed by atoms with E-state index < -0.39 is 23.4 Å². The van der Waals surface area contributed by atoms with Crippen LogP contribution in [0, 0.1) is 0 Å². The summed E-state index contributed by atoms with van der Waals surface area (Å²) in [7, 11) is 0. The number of nitrogens with one attached hydrogen (secondary N) is 1. The summed E-state index contributed by atoms with van der Waals surface area (Å²) in [6.07, 6.45) is 2.02. The number of nitrogens with two attached hydrogens (primary N) is 2. The maximum Gasteiger partial charge on any atom is 0.272 e. The Bertz CT molecular complexity index is 982. The molecular formula is C23H33N5O4S. The predicted octanol–water partition coefficient (Wildman–Crippen LogP) is 3.34. The zero-order valence-corrected chi connectivity index (χ0v) is 20.6. The summed E-state index contributed by atoms with van der Waals surface area (Å²) >= 11 is 0.790. The van der Waals surface area contributed by atoms with Crippen molar-refractivity contribution in [3.05, 3.63) is 34.8 Å². The molecule has 0 bridgehead atoms. The van der Waals surface area contributed by atoms with Crippen LogP contribution in [0.4, 0.5) is 11.4 Å². The van der Waals surface area contributed by atoms with Crippen molar-refractivity contribution in [3.63, 3.8) is 0 Å². The van der Waals surface area contributed by atoms with Crippen molar-refractivity contribution in [3.8, 4) is 5.75 Å². The minimum absolute atomic E-state index is 0.0581. The van der Waals surface area contributed by atoms with Crippen LogP contribution >= 0.6 is 11.5 Å². The fraction of sp³-hybridized carbons (Fsp3) is 0.478. The van der Waals surface area contributed by atoms with E-state index in [-0.39, 0.29) is 22.2 Å². The molecule has 0 aliphatic carbocycles. The van der Waals surface area contributed by atoms with Gasteiger partial charge in [0.15, 0.2) is 5.69 Å². The third kappa shape index (κ3) is 6.67. The summed E-state index contributed by atoms with van der Waals surface area (Å²) in [5.41, 5.74) is 11.1. The molecule has 0 fully saturated rings. The molecule has 2 aromatic rings. The topological polar surface area (TPSA) is 141 Å². The first-order valence-electron chi connectivity index (χ1n) is 10.9. The average molecular weight is 476 g/mol. The standard InChI is InChI=1S/C23H33N5O4S/c1-6-8-9-16(21(30)26-23(3,4)5)28(14-10-12-15(13-11-14)32-7-2)22(31)19-17(24)18(20(25)29)27-33-19/h10-13,16H,6-9,24H2,1-5H3,(H2,25,29)(H,26,30)/t16-/m0/s1. The Morgan fingerprint density at radius 3 is 2.30 bits per heavy atom. The summed E-state index contributed by atoms with van der Waals surface area (Å²) in [5, 5.41) is 2.98. The number of ether oxygens (including phenoxy) is 1. The molecular weight excluding hydrogens is 442 g/mol. The van der Waals surface area contributed by atoms with E-state index in [1.54, 1.807) is 24.3 Å². The third-order valence-corrected chi connectivity index (χ3v) is 5.59. The van der Waals surface area contributed by atoms with Crippen molar-refractivity contribution in [2.75, 3.05) is 17.2 Å². The number of nitrogen functional groups attached to an aromatic ring is 1. The zero-order chi connectivity index (χ0) is 24.8. The lowest BCUT2D eigenvalue weighted by molar-refractivity contribution is -0.123. The summed E-state index contributed by atoms with van der Waals surface area (Å²) < 4.78 is 9.46. The van der Waals surface area contributed by atoms with Gasteiger partial charge in [-0.05, 0) is 69.9 Å². The van der Waals surface area contributed by atoms with Crippen molar-refractivity contribution in [1.82, 2.24) is 9.69 Å². The van der Waals surface area contributed by atoms with Crippen molar-refractivity contribution < 1.29 is 19.1 Å². The van der Waals surface area contributed by atoms with Crippen molar-refractivity contribution in [2.24, 2.45) is 5.73 Å². The van der Waals surface area contributed by atoms with Gasteiger partial charge in [0, 0.05) is 11.2 Å². The highest BCUT2D eigenvalue weighted by atomic mass is 32.1. The van der Waals surface area contributed by atoms with Crippen LogP contribution < -0.4 is 26.4 Å². The van der Waals surface area contributed by atoms with Gasteiger partial charge in [-0.1, -0.05) is 19.8 Å². The largest absolute Gasteiger partial charge is 0.494 e. The lowest BCUT2D eigenvalue weighted by Crippen LogP contribution is -2.54. The normalized spacial score (nSPS) is 12.2. The summed E-state index contributed by atoms with van der Waals surface area (Å²) in [6, 6.07) is 6.12. The molecule has 0 spiro atoms. The minimum Gasteiger partial charge on any atom is -0.494 e. The number of anilines is 2. The average Bonchev–Trinajstić information content (AvgIpc) is 3.12. The fourth-order valence-electron chi connectivity index (χ4n) is 3.27. The Labute approximate surface area is 198 Å². The lowest BCUT2D eigenvalue weighted by Gasteiger charge is -2.33. The molecule has 1 aromatic heterocycles. The molecule has 10 heteroatoms. The van der Waals surface area contributed by atoms with Crippen LogP contribution in [-0.4, -0.2) is 40.3 Å². The summed E-state index contributed by atoms with van der Waals surface area (Å²) in [5.74, 6) is -0.974. The second-order valence-electron chi connectivity index (χ2n) is 8.64. The first kappa shape index (κ1) is 26.1. The van der Waals surface area contributed by atoms with Gasteiger partial charge < -0.3 is 21.5 Å². The number of primary amides is 1. The highest BCUT2D eigenvalue weighted by Gasteiger charge is 2.35. The molecule has 3 amide bonds. The van der Waals surface area contributed by atoms with Gasteiger partial charge in [-0.15, -0.1) is 0 Å². The zero-order valence-electron chi connectivity index (χ0n) is 19.8. The molecule has 9 nitrogen and oxygen atoms in total. The SMILES string of the molecule is CCCC[C@@H](C(=O)NC(C)(C)C)N(C(=O)c1snc(C(N)=O)c1N)c1ccc(OCC)cc1. The molecule has 33 heavy (non-hydrogen) atoms.